The molecular weight excluding hydrogens is 348 g/mol. The Bertz CT molecular complexity index is 1120. The van der Waals surface area contributed by atoms with Crippen molar-refractivity contribution >= 4 is 11.6 Å². The first-order valence-electron chi connectivity index (χ1n) is 9.06. The topological polar surface area (TPSA) is 59.8 Å². The lowest BCUT2D eigenvalue weighted by molar-refractivity contribution is 0.102. The van der Waals surface area contributed by atoms with Gasteiger partial charge in [0.2, 0.25) is 0 Å². The summed E-state index contributed by atoms with van der Waals surface area (Å²) < 4.78 is 1.72. The second-order valence-electron chi connectivity index (χ2n) is 6.67. The van der Waals surface area contributed by atoms with Crippen molar-refractivity contribution in [1.29, 1.82) is 0 Å². The predicted octanol–water partition coefficient (Wildman–Crippen LogP) is 4.80. The van der Waals surface area contributed by atoms with E-state index in [1.54, 1.807) is 23.3 Å². The van der Waals surface area contributed by atoms with Crippen LogP contribution in [0.4, 0.5) is 5.69 Å². The molecule has 0 saturated carbocycles. The van der Waals surface area contributed by atoms with Gasteiger partial charge in [-0.3, -0.25) is 9.78 Å². The van der Waals surface area contributed by atoms with Gasteiger partial charge in [-0.25, -0.2) is 4.68 Å². The monoisotopic (exact) mass is 368 g/mol. The minimum Gasteiger partial charge on any atom is -0.322 e. The second kappa shape index (κ2) is 7.48. The van der Waals surface area contributed by atoms with Crippen LogP contribution in [-0.2, 0) is 0 Å². The number of benzene rings is 2. The number of hydrogen-bond acceptors (Lipinski definition) is 3. The number of anilines is 1. The number of aromatic nitrogens is 3. The van der Waals surface area contributed by atoms with Gasteiger partial charge in [0.05, 0.1) is 11.3 Å². The molecule has 138 valence electrons. The molecule has 0 aliphatic carbocycles. The summed E-state index contributed by atoms with van der Waals surface area (Å²) in [4.78, 5) is 17.2. The molecule has 0 bridgehead atoms. The molecule has 28 heavy (non-hydrogen) atoms. The summed E-state index contributed by atoms with van der Waals surface area (Å²) in [7, 11) is 0. The molecule has 0 unspecified atom stereocenters. The van der Waals surface area contributed by atoms with Gasteiger partial charge in [-0.15, -0.1) is 0 Å². The predicted molar refractivity (Wildman–Crippen MR) is 111 cm³/mol. The highest BCUT2D eigenvalue weighted by Crippen LogP contribution is 2.24. The number of para-hydroxylation sites is 1. The number of carbonyl (C=O) groups is 1. The number of carbonyl (C=O) groups excluding carboxylic acids is 1. The van der Waals surface area contributed by atoms with E-state index in [1.165, 1.54) is 5.56 Å². The van der Waals surface area contributed by atoms with E-state index in [1.807, 2.05) is 74.5 Å². The van der Waals surface area contributed by atoms with E-state index in [0.717, 1.165) is 22.5 Å². The molecule has 0 radical (unpaired) electrons. The maximum Gasteiger partial charge on any atom is 0.259 e. The fourth-order valence-corrected chi connectivity index (χ4v) is 2.99. The fourth-order valence-electron chi connectivity index (χ4n) is 2.99. The lowest BCUT2D eigenvalue weighted by atomic mass is 10.1. The van der Waals surface area contributed by atoms with E-state index in [4.69, 9.17) is 0 Å². The third-order valence-electron chi connectivity index (χ3n) is 4.68. The molecule has 1 N–H and O–H groups in total. The van der Waals surface area contributed by atoms with E-state index in [-0.39, 0.29) is 5.91 Å². The first-order chi connectivity index (χ1) is 13.6. The molecule has 5 heteroatoms. The molecule has 0 spiro atoms. The minimum atomic E-state index is -0.204. The molecule has 0 aliphatic heterocycles. The van der Waals surface area contributed by atoms with Crippen molar-refractivity contribution in [2.24, 2.45) is 0 Å². The number of rotatable bonds is 4. The average Bonchev–Trinajstić information content (AvgIpc) is 3.18. The lowest BCUT2D eigenvalue weighted by Gasteiger charge is -2.07. The third-order valence-corrected chi connectivity index (χ3v) is 4.68. The Labute approximate surface area is 163 Å². The molecule has 2 heterocycles. The van der Waals surface area contributed by atoms with Crippen LogP contribution in [0.1, 0.15) is 21.5 Å². The summed E-state index contributed by atoms with van der Waals surface area (Å²) in [6.45, 7) is 4.07. The van der Waals surface area contributed by atoms with Crippen LogP contribution in [0.2, 0.25) is 0 Å². The van der Waals surface area contributed by atoms with Crippen LogP contribution in [0.3, 0.4) is 0 Å². The molecule has 0 atom stereocenters. The number of nitrogens with one attached hydrogen (secondary N) is 1. The summed E-state index contributed by atoms with van der Waals surface area (Å²) in [6.07, 6.45) is 5.17. The van der Waals surface area contributed by atoms with Gasteiger partial charge >= 0.3 is 0 Å². The van der Waals surface area contributed by atoms with Crippen LogP contribution >= 0.6 is 0 Å². The van der Waals surface area contributed by atoms with Crippen molar-refractivity contribution in [3.05, 3.63) is 95.9 Å². The van der Waals surface area contributed by atoms with Gasteiger partial charge in [0.1, 0.15) is 5.69 Å². The standard InChI is InChI=1S/C23H20N4O/c1-16-10-11-19(13-17(16)2)25-23(28)21-15-27(20-8-4-3-5-9-20)26-22(21)18-7-6-12-24-14-18/h3-15H,1-2H3,(H,25,28). The van der Waals surface area contributed by atoms with Crippen molar-refractivity contribution < 1.29 is 4.79 Å². The molecule has 4 rings (SSSR count). The largest absolute Gasteiger partial charge is 0.322 e. The van der Waals surface area contributed by atoms with Gasteiger partial charge < -0.3 is 5.32 Å². The summed E-state index contributed by atoms with van der Waals surface area (Å²) in [5.41, 5.74) is 5.85. The summed E-state index contributed by atoms with van der Waals surface area (Å²) >= 11 is 0. The highest BCUT2D eigenvalue weighted by molar-refractivity contribution is 6.08. The molecule has 2 aromatic carbocycles. The van der Waals surface area contributed by atoms with E-state index >= 15 is 0 Å². The highest BCUT2D eigenvalue weighted by atomic mass is 16.1. The zero-order chi connectivity index (χ0) is 19.5. The minimum absolute atomic E-state index is 0.204. The van der Waals surface area contributed by atoms with Gasteiger partial charge in [0.25, 0.3) is 5.91 Å². The molecule has 0 saturated heterocycles. The Morgan fingerprint density at radius 1 is 0.964 bits per heavy atom. The normalized spacial score (nSPS) is 10.6. The fraction of sp³-hybridized carbons (Fsp3) is 0.0870. The van der Waals surface area contributed by atoms with Crippen molar-refractivity contribution in [3.63, 3.8) is 0 Å². The van der Waals surface area contributed by atoms with Crippen LogP contribution in [0.25, 0.3) is 16.9 Å². The van der Waals surface area contributed by atoms with Gasteiger partial charge in [-0.1, -0.05) is 24.3 Å². The number of hydrogen-bond donors (Lipinski definition) is 1. The second-order valence-corrected chi connectivity index (χ2v) is 6.67. The average molecular weight is 368 g/mol. The zero-order valence-electron chi connectivity index (χ0n) is 15.8. The Morgan fingerprint density at radius 3 is 2.50 bits per heavy atom. The molecule has 2 aromatic heterocycles. The van der Waals surface area contributed by atoms with Crippen LogP contribution in [0.15, 0.2) is 79.3 Å². The van der Waals surface area contributed by atoms with Crippen molar-refractivity contribution in [2.75, 3.05) is 5.32 Å². The zero-order valence-corrected chi connectivity index (χ0v) is 15.8. The number of pyridine rings is 1. The summed E-state index contributed by atoms with van der Waals surface area (Å²) in [5, 5.41) is 7.65. The molecule has 0 fully saturated rings. The first-order valence-corrected chi connectivity index (χ1v) is 9.06. The van der Waals surface area contributed by atoms with Gasteiger partial charge in [-0.05, 0) is 61.4 Å². The lowest BCUT2D eigenvalue weighted by Crippen LogP contribution is -2.12. The Balaban J connectivity index is 1.75. The van der Waals surface area contributed by atoms with Gasteiger partial charge in [0, 0.05) is 29.8 Å². The molecule has 4 aromatic rings. The maximum atomic E-state index is 13.1. The van der Waals surface area contributed by atoms with Gasteiger partial charge in [0.15, 0.2) is 0 Å². The van der Waals surface area contributed by atoms with Crippen molar-refractivity contribution in [2.45, 2.75) is 13.8 Å². The van der Waals surface area contributed by atoms with E-state index < -0.39 is 0 Å². The van der Waals surface area contributed by atoms with Crippen LogP contribution < -0.4 is 5.32 Å². The maximum absolute atomic E-state index is 13.1. The van der Waals surface area contributed by atoms with E-state index in [2.05, 4.69) is 15.4 Å². The molecule has 1 amide bonds. The van der Waals surface area contributed by atoms with Crippen molar-refractivity contribution in [1.82, 2.24) is 14.8 Å². The highest BCUT2D eigenvalue weighted by Gasteiger charge is 2.19. The third kappa shape index (κ3) is 3.55. The van der Waals surface area contributed by atoms with Crippen LogP contribution in [0.5, 0.6) is 0 Å². The van der Waals surface area contributed by atoms with Gasteiger partial charge in [-0.2, -0.15) is 5.10 Å². The van der Waals surface area contributed by atoms with E-state index in [9.17, 15) is 4.79 Å². The van der Waals surface area contributed by atoms with E-state index in [0.29, 0.717) is 11.3 Å². The molecule has 0 aliphatic rings. The number of aryl methyl sites for hydroxylation is 2. The first kappa shape index (κ1) is 17.7. The van der Waals surface area contributed by atoms with Crippen LogP contribution in [0, 0.1) is 13.8 Å². The Hall–Kier alpha value is -3.73. The number of nitrogens with zero attached hydrogens (tertiary/aromatic N) is 3. The van der Waals surface area contributed by atoms with Crippen LogP contribution in [-0.4, -0.2) is 20.7 Å². The smallest absolute Gasteiger partial charge is 0.259 e. The Kier molecular flexibility index (Phi) is 4.72. The number of amides is 1. The quantitative estimate of drug-likeness (QED) is 0.563. The molecular formula is C23H20N4O. The Morgan fingerprint density at radius 2 is 1.79 bits per heavy atom. The van der Waals surface area contributed by atoms with Crippen molar-refractivity contribution in [3.8, 4) is 16.9 Å². The summed E-state index contributed by atoms with van der Waals surface area (Å²) in [5.74, 6) is -0.204. The SMILES string of the molecule is Cc1ccc(NC(=O)c2cn(-c3ccccc3)nc2-c2cccnc2)cc1C. The molecule has 5 nitrogen and oxygen atoms in total. The summed E-state index contributed by atoms with van der Waals surface area (Å²) in [6, 6.07) is 19.3.